The average molecular weight is 365 g/mol. The van der Waals surface area contributed by atoms with Crippen LogP contribution in [0.15, 0.2) is 64.0 Å². The Kier molecular flexibility index (Phi) is 3.97. The van der Waals surface area contributed by atoms with E-state index in [0.29, 0.717) is 11.8 Å². The van der Waals surface area contributed by atoms with Gasteiger partial charge in [-0.1, -0.05) is 12.1 Å². The largest absolute Gasteiger partial charge is 0.464 e. The van der Waals surface area contributed by atoms with E-state index in [4.69, 9.17) is 4.42 Å². The van der Waals surface area contributed by atoms with Crippen molar-refractivity contribution in [1.82, 2.24) is 4.57 Å². The van der Waals surface area contributed by atoms with Crippen LogP contribution in [-0.2, 0) is 13.1 Å². The minimum atomic E-state index is -0.194. The number of hydrogen-bond donors (Lipinski definition) is 1. The first-order valence-electron chi connectivity index (χ1n) is 9.53. The molecule has 2 bridgehead atoms. The van der Waals surface area contributed by atoms with Gasteiger partial charge in [0.05, 0.1) is 19.4 Å². The van der Waals surface area contributed by atoms with Gasteiger partial charge in [0.15, 0.2) is 0 Å². The van der Waals surface area contributed by atoms with E-state index in [-0.39, 0.29) is 11.4 Å². The number of piperidine rings is 1. The van der Waals surface area contributed by atoms with Crippen molar-refractivity contribution in [2.45, 2.75) is 25.4 Å². The molecule has 2 aliphatic rings. The number of halogens is 1. The lowest BCUT2D eigenvalue weighted by atomic mass is 9.81. The van der Waals surface area contributed by atoms with Crippen molar-refractivity contribution in [1.29, 1.82) is 0 Å². The molecule has 0 spiro atoms. The second kappa shape index (κ2) is 6.50. The Bertz CT molecular complexity index is 1010. The van der Waals surface area contributed by atoms with E-state index in [9.17, 15) is 9.18 Å². The number of furan rings is 1. The summed E-state index contributed by atoms with van der Waals surface area (Å²) in [6, 6.07) is 14.2. The summed E-state index contributed by atoms with van der Waals surface area (Å²) < 4.78 is 20.8. The van der Waals surface area contributed by atoms with Crippen molar-refractivity contribution in [3.63, 3.8) is 0 Å². The van der Waals surface area contributed by atoms with Crippen LogP contribution in [0.3, 0.4) is 0 Å². The lowest BCUT2D eigenvalue weighted by Crippen LogP contribution is -3.13. The van der Waals surface area contributed by atoms with Gasteiger partial charge in [-0.3, -0.25) is 4.79 Å². The van der Waals surface area contributed by atoms with E-state index in [0.717, 1.165) is 55.2 Å². The number of quaternary nitrogens is 1. The first-order chi connectivity index (χ1) is 13.2. The quantitative estimate of drug-likeness (QED) is 0.775. The molecule has 4 nitrogen and oxygen atoms in total. The zero-order chi connectivity index (χ0) is 18.4. The van der Waals surface area contributed by atoms with E-state index in [2.05, 4.69) is 0 Å². The van der Waals surface area contributed by atoms with Gasteiger partial charge in [0, 0.05) is 41.3 Å². The Labute approximate surface area is 156 Å². The van der Waals surface area contributed by atoms with E-state index < -0.39 is 0 Å². The Morgan fingerprint density at radius 2 is 1.96 bits per heavy atom. The van der Waals surface area contributed by atoms with Gasteiger partial charge in [-0.15, -0.1) is 0 Å². The number of pyridine rings is 1. The van der Waals surface area contributed by atoms with Crippen LogP contribution in [0, 0.1) is 11.7 Å². The molecule has 0 radical (unpaired) electrons. The highest BCUT2D eigenvalue weighted by Gasteiger charge is 2.39. The molecule has 1 unspecified atom stereocenters. The monoisotopic (exact) mass is 365 g/mol. The molecule has 1 N–H and O–H groups in total. The van der Waals surface area contributed by atoms with Crippen molar-refractivity contribution in [3.8, 4) is 11.3 Å². The summed E-state index contributed by atoms with van der Waals surface area (Å²) in [4.78, 5) is 14.0. The van der Waals surface area contributed by atoms with Crippen LogP contribution in [0.5, 0.6) is 0 Å². The normalized spacial score (nSPS) is 23.8. The van der Waals surface area contributed by atoms with Crippen LogP contribution >= 0.6 is 0 Å². The Morgan fingerprint density at radius 1 is 1.11 bits per heavy atom. The molecule has 5 rings (SSSR count). The van der Waals surface area contributed by atoms with E-state index in [1.54, 1.807) is 12.3 Å². The van der Waals surface area contributed by atoms with Gasteiger partial charge in [-0.2, -0.15) is 0 Å². The van der Waals surface area contributed by atoms with Crippen LogP contribution in [0.2, 0.25) is 0 Å². The lowest BCUT2D eigenvalue weighted by Gasteiger charge is -2.41. The number of fused-ring (bicyclic) bond motifs is 4. The second-order valence-corrected chi connectivity index (χ2v) is 7.82. The molecular weight excluding hydrogens is 343 g/mol. The number of likely N-dealkylation sites (tertiary alicyclic amines) is 1. The Balaban J connectivity index is 1.48. The predicted molar refractivity (Wildman–Crippen MR) is 100 cm³/mol. The fourth-order valence-corrected chi connectivity index (χ4v) is 4.91. The highest BCUT2D eigenvalue weighted by atomic mass is 19.1. The van der Waals surface area contributed by atoms with Crippen LogP contribution in [0.4, 0.5) is 4.39 Å². The van der Waals surface area contributed by atoms with Gasteiger partial charge in [0.1, 0.15) is 18.1 Å². The highest BCUT2D eigenvalue weighted by Crippen LogP contribution is 2.36. The zero-order valence-electron chi connectivity index (χ0n) is 15.0. The summed E-state index contributed by atoms with van der Waals surface area (Å²) in [5.41, 5.74) is 3.39. The highest BCUT2D eigenvalue weighted by molar-refractivity contribution is 5.61. The molecule has 1 aromatic carbocycles. The first kappa shape index (κ1) is 16.5. The summed E-state index contributed by atoms with van der Waals surface area (Å²) in [5.74, 6) is 1.46. The second-order valence-electron chi connectivity index (χ2n) is 7.82. The molecule has 3 atom stereocenters. The molecule has 5 heteroatoms. The lowest BCUT2D eigenvalue weighted by molar-refractivity contribution is -0.924. The van der Waals surface area contributed by atoms with Gasteiger partial charge in [0.2, 0.25) is 0 Å². The van der Waals surface area contributed by atoms with Crippen LogP contribution in [0.1, 0.15) is 23.6 Å². The molecule has 27 heavy (non-hydrogen) atoms. The average Bonchev–Trinajstić information content (AvgIpc) is 3.19. The number of nitrogens with zero attached hydrogens (tertiary/aromatic N) is 1. The zero-order valence-corrected chi connectivity index (χ0v) is 15.0. The molecule has 0 saturated carbocycles. The van der Waals surface area contributed by atoms with Gasteiger partial charge in [-0.25, -0.2) is 4.39 Å². The van der Waals surface area contributed by atoms with Gasteiger partial charge in [0.25, 0.3) is 5.56 Å². The standard InChI is InChI=1S/C22H21FN2O2/c23-18-5-3-15(4-6-18)11-24-12-16-10-17(14-24)22-19(20-2-1-9-27-20)7-8-21(26)25(22)13-16/h1-9,16-17H,10-14H2/p+1/t16-,17+/m0/s1. The third kappa shape index (κ3) is 3.02. The summed E-state index contributed by atoms with van der Waals surface area (Å²) in [6.45, 7) is 3.68. The Hall–Kier alpha value is -2.66. The third-order valence-electron chi connectivity index (χ3n) is 5.94. The number of hydrogen-bond acceptors (Lipinski definition) is 2. The minimum absolute atomic E-state index is 0.0805. The van der Waals surface area contributed by atoms with Crippen molar-refractivity contribution in [3.05, 3.63) is 82.2 Å². The summed E-state index contributed by atoms with van der Waals surface area (Å²) in [6.07, 6.45) is 2.79. The summed E-state index contributed by atoms with van der Waals surface area (Å²) >= 11 is 0. The third-order valence-corrected chi connectivity index (χ3v) is 5.94. The van der Waals surface area contributed by atoms with E-state index >= 15 is 0 Å². The molecule has 0 aliphatic carbocycles. The van der Waals surface area contributed by atoms with Crippen molar-refractivity contribution in [2.75, 3.05) is 13.1 Å². The summed E-state index contributed by atoms with van der Waals surface area (Å²) in [5, 5.41) is 0. The van der Waals surface area contributed by atoms with Crippen molar-refractivity contribution >= 4 is 0 Å². The maximum Gasteiger partial charge on any atom is 0.250 e. The smallest absolute Gasteiger partial charge is 0.250 e. The number of benzene rings is 1. The molecule has 138 valence electrons. The van der Waals surface area contributed by atoms with Gasteiger partial charge >= 0.3 is 0 Å². The van der Waals surface area contributed by atoms with Crippen molar-refractivity contribution < 1.29 is 13.7 Å². The van der Waals surface area contributed by atoms with Crippen LogP contribution < -0.4 is 10.5 Å². The minimum Gasteiger partial charge on any atom is -0.464 e. The maximum absolute atomic E-state index is 13.2. The number of nitrogens with one attached hydrogen (secondary N) is 1. The van der Waals surface area contributed by atoms with Gasteiger partial charge in [-0.05, 0) is 36.8 Å². The maximum atomic E-state index is 13.2. The predicted octanol–water partition coefficient (Wildman–Crippen LogP) is 2.45. The molecule has 1 fully saturated rings. The molecule has 4 heterocycles. The molecule has 3 aromatic rings. The van der Waals surface area contributed by atoms with E-state index in [1.807, 2.05) is 34.9 Å². The molecular formula is C22H22FN2O2+. The number of aromatic nitrogens is 1. The molecule has 2 aromatic heterocycles. The fourth-order valence-electron chi connectivity index (χ4n) is 4.91. The van der Waals surface area contributed by atoms with Crippen LogP contribution in [-0.4, -0.2) is 17.7 Å². The topological polar surface area (TPSA) is 39.6 Å². The SMILES string of the molecule is O=c1ccc(-c2ccco2)c2n1C[C@H]1C[C@@H]2C[NH+](Cc2ccc(F)cc2)C1. The fraction of sp³-hybridized carbons (Fsp3) is 0.318. The summed E-state index contributed by atoms with van der Waals surface area (Å²) in [7, 11) is 0. The van der Waals surface area contributed by atoms with Crippen LogP contribution in [0.25, 0.3) is 11.3 Å². The first-order valence-corrected chi connectivity index (χ1v) is 9.53. The number of rotatable bonds is 3. The van der Waals surface area contributed by atoms with Crippen molar-refractivity contribution in [2.24, 2.45) is 5.92 Å². The molecule has 0 amide bonds. The molecule has 2 aliphatic heterocycles. The Morgan fingerprint density at radius 3 is 2.74 bits per heavy atom. The van der Waals surface area contributed by atoms with E-state index in [1.165, 1.54) is 17.0 Å². The molecule has 1 saturated heterocycles. The van der Waals surface area contributed by atoms with Gasteiger partial charge < -0.3 is 13.9 Å².